The molecule has 0 amide bonds. The van der Waals surface area contributed by atoms with Crippen LogP contribution in [0.3, 0.4) is 0 Å². The molecule has 0 spiro atoms. The third-order valence-electron chi connectivity index (χ3n) is 1.54. The first-order chi connectivity index (χ1) is 5.42. The Morgan fingerprint density at radius 1 is 1.17 bits per heavy atom. The highest BCUT2D eigenvalue weighted by Gasteiger charge is 2.20. The van der Waals surface area contributed by atoms with E-state index in [2.05, 4.69) is 0 Å². The first-order valence-electron chi connectivity index (χ1n) is 4.26. The second-order valence-electron chi connectivity index (χ2n) is 3.28. The highest BCUT2D eigenvalue weighted by molar-refractivity contribution is 6.58. The number of allylic oxidation sites excluding steroid dienone is 2. The van der Waals surface area contributed by atoms with Crippen molar-refractivity contribution in [3.63, 3.8) is 0 Å². The van der Waals surface area contributed by atoms with Crippen LogP contribution in [0, 0.1) is 0 Å². The Morgan fingerprint density at radius 2 is 1.75 bits per heavy atom. The van der Waals surface area contributed by atoms with Gasteiger partial charge in [0.1, 0.15) is 0 Å². The standard InChI is InChI=1S/C8H15BF3/c1-8(2)6-4-3-5-7-9(10,11)12/h6H,3-5,7H2,1-2H3/q-1. The Kier molecular flexibility index (Phi) is 5.10. The number of rotatable bonds is 5. The molecule has 0 aliphatic heterocycles. The Hall–Kier alpha value is -0.405. The van der Waals surface area contributed by atoms with E-state index < -0.39 is 13.3 Å². The van der Waals surface area contributed by atoms with Gasteiger partial charge >= 0.3 is 6.98 Å². The zero-order chi connectivity index (χ0) is 9.61. The lowest BCUT2D eigenvalue weighted by Gasteiger charge is -2.11. The number of hydrogen-bond donors (Lipinski definition) is 0. The van der Waals surface area contributed by atoms with Gasteiger partial charge in [0, 0.05) is 0 Å². The van der Waals surface area contributed by atoms with Gasteiger partial charge in [0.05, 0.1) is 0 Å². The molecule has 0 fully saturated rings. The van der Waals surface area contributed by atoms with Crippen LogP contribution in [0.1, 0.15) is 33.1 Å². The van der Waals surface area contributed by atoms with Crippen molar-refractivity contribution in [2.75, 3.05) is 0 Å². The Bertz CT molecular complexity index is 145. The Labute approximate surface area is 71.9 Å². The van der Waals surface area contributed by atoms with Crippen molar-refractivity contribution in [1.82, 2.24) is 0 Å². The molecule has 0 unspecified atom stereocenters. The quantitative estimate of drug-likeness (QED) is 0.340. The van der Waals surface area contributed by atoms with Crippen molar-refractivity contribution >= 4 is 6.98 Å². The van der Waals surface area contributed by atoms with Crippen LogP contribution >= 0.6 is 0 Å². The Balaban J connectivity index is 3.29. The molecule has 0 aromatic heterocycles. The molecule has 0 saturated carbocycles. The molecule has 0 N–H and O–H groups in total. The number of unbranched alkanes of at least 4 members (excludes halogenated alkanes) is 2. The van der Waals surface area contributed by atoms with Crippen LogP contribution in [0.4, 0.5) is 12.9 Å². The molecule has 0 rings (SSSR count). The molecule has 0 aromatic carbocycles. The van der Waals surface area contributed by atoms with Gasteiger partial charge in [-0.05, 0) is 20.3 Å². The van der Waals surface area contributed by atoms with Crippen molar-refractivity contribution in [2.45, 2.75) is 39.4 Å². The van der Waals surface area contributed by atoms with Gasteiger partial charge < -0.3 is 12.9 Å². The summed E-state index contributed by atoms with van der Waals surface area (Å²) in [6.45, 7) is -0.650. The van der Waals surface area contributed by atoms with E-state index >= 15 is 0 Å². The molecule has 0 bridgehead atoms. The normalized spacial score (nSPS) is 11.4. The van der Waals surface area contributed by atoms with Crippen LogP contribution in [-0.4, -0.2) is 6.98 Å². The smallest absolute Gasteiger partial charge is 0.449 e. The molecule has 4 heteroatoms. The Morgan fingerprint density at radius 3 is 2.17 bits per heavy atom. The van der Waals surface area contributed by atoms with Gasteiger partial charge in [-0.1, -0.05) is 30.8 Å². The van der Waals surface area contributed by atoms with Gasteiger partial charge in [-0.2, -0.15) is 0 Å². The highest BCUT2D eigenvalue weighted by atomic mass is 19.4. The summed E-state index contributed by atoms with van der Waals surface area (Å²) in [4.78, 5) is 0. The molecule has 0 heterocycles. The maximum absolute atomic E-state index is 11.7. The van der Waals surface area contributed by atoms with E-state index in [0.717, 1.165) is 6.42 Å². The van der Waals surface area contributed by atoms with E-state index in [1.165, 1.54) is 5.57 Å². The molecule has 0 atom stereocenters. The fourth-order valence-electron chi connectivity index (χ4n) is 0.911. The molecule has 72 valence electrons. The monoisotopic (exact) mass is 179 g/mol. The van der Waals surface area contributed by atoms with Crippen molar-refractivity contribution < 1.29 is 12.9 Å². The van der Waals surface area contributed by atoms with Crippen LogP contribution in [-0.2, 0) is 0 Å². The summed E-state index contributed by atoms with van der Waals surface area (Å²) in [6.07, 6.45) is 3.08. The van der Waals surface area contributed by atoms with Crippen LogP contribution in [0.25, 0.3) is 0 Å². The van der Waals surface area contributed by atoms with E-state index in [1.54, 1.807) is 0 Å². The van der Waals surface area contributed by atoms with Crippen LogP contribution in [0.5, 0.6) is 0 Å². The number of hydrogen-bond acceptors (Lipinski definition) is 0. The van der Waals surface area contributed by atoms with Crippen molar-refractivity contribution in [2.24, 2.45) is 0 Å². The minimum Gasteiger partial charge on any atom is -0.449 e. The largest absolute Gasteiger partial charge is 0.478 e. The topological polar surface area (TPSA) is 0 Å². The van der Waals surface area contributed by atoms with Gasteiger partial charge in [0.25, 0.3) is 0 Å². The molecule has 0 aliphatic carbocycles. The van der Waals surface area contributed by atoms with Gasteiger partial charge in [0.2, 0.25) is 0 Å². The lowest BCUT2D eigenvalue weighted by molar-refractivity contribution is 0.462. The third-order valence-corrected chi connectivity index (χ3v) is 1.54. The van der Waals surface area contributed by atoms with E-state index in [4.69, 9.17) is 0 Å². The van der Waals surface area contributed by atoms with Crippen molar-refractivity contribution in [1.29, 1.82) is 0 Å². The maximum Gasteiger partial charge on any atom is 0.478 e. The maximum atomic E-state index is 11.7. The lowest BCUT2D eigenvalue weighted by atomic mass is 9.83. The average molecular weight is 179 g/mol. The van der Waals surface area contributed by atoms with E-state index in [-0.39, 0.29) is 6.42 Å². The third kappa shape index (κ3) is 9.59. The first kappa shape index (κ1) is 11.6. The first-order valence-corrected chi connectivity index (χ1v) is 4.26. The van der Waals surface area contributed by atoms with E-state index in [1.807, 2.05) is 19.9 Å². The van der Waals surface area contributed by atoms with Gasteiger partial charge in [0.15, 0.2) is 0 Å². The van der Waals surface area contributed by atoms with E-state index in [0.29, 0.717) is 6.42 Å². The van der Waals surface area contributed by atoms with Crippen LogP contribution < -0.4 is 0 Å². The van der Waals surface area contributed by atoms with Gasteiger partial charge in [-0.15, -0.1) is 0 Å². The molecule has 0 saturated heterocycles. The SMILES string of the molecule is CC(C)=CCCCC[B-](F)(F)F. The molecular formula is C8H15BF3-. The zero-order valence-corrected chi connectivity index (χ0v) is 7.62. The summed E-state index contributed by atoms with van der Waals surface area (Å²) in [7, 11) is 0. The summed E-state index contributed by atoms with van der Waals surface area (Å²) < 4.78 is 35.1. The van der Waals surface area contributed by atoms with Crippen LogP contribution in [0.15, 0.2) is 11.6 Å². The van der Waals surface area contributed by atoms with Crippen LogP contribution in [0.2, 0.25) is 6.32 Å². The highest BCUT2D eigenvalue weighted by Crippen LogP contribution is 2.18. The molecule has 0 aliphatic rings. The second kappa shape index (κ2) is 5.28. The fourth-order valence-corrected chi connectivity index (χ4v) is 0.911. The van der Waals surface area contributed by atoms with E-state index in [9.17, 15) is 12.9 Å². The van der Waals surface area contributed by atoms with Gasteiger partial charge in [-0.3, -0.25) is 0 Å². The minimum absolute atomic E-state index is 0.271. The number of halogens is 3. The minimum atomic E-state index is -4.55. The molecule has 0 nitrogen and oxygen atoms in total. The molecule has 0 radical (unpaired) electrons. The van der Waals surface area contributed by atoms with Crippen molar-refractivity contribution in [3.05, 3.63) is 11.6 Å². The van der Waals surface area contributed by atoms with Gasteiger partial charge in [-0.25, -0.2) is 0 Å². The zero-order valence-electron chi connectivity index (χ0n) is 7.62. The summed E-state index contributed by atoms with van der Waals surface area (Å²) in [5.74, 6) is 0. The molecule has 0 aromatic rings. The fraction of sp³-hybridized carbons (Fsp3) is 0.750. The molecule has 12 heavy (non-hydrogen) atoms. The predicted molar refractivity (Wildman–Crippen MR) is 47.2 cm³/mol. The summed E-state index contributed by atoms with van der Waals surface area (Å²) in [5, 5.41) is 0. The second-order valence-corrected chi connectivity index (χ2v) is 3.28. The summed E-state index contributed by atoms with van der Waals surface area (Å²) >= 11 is 0. The van der Waals surface area contributed by atoms with Crippen molar-refractivity contribution in [3.8, 4) is 0 Å². The summed E-state index contributed by atoms with van der Waals surface area (Å²) in [6, 6.07) is 0. The lowest BCUT2D eigenvalue weighted by Crippen LogP contribution is -2.13. The molecular weight excluding hydrogens is 164 g/mol. The predicted octanol–water partition coefficient (Wildman–Crippen LogP) is 3.97. The summed E-state index contributed by atoms with van der Waals surface area (Å²) in [5.41, 5.74) is 1.17. The average Bonchev–Trinajstić information content (AvgIpc) is 1.83.